The van der Waals surface area contributed by atoms with E-state index in [2.05, 4.69) is 0 Å². The van der Waals surface area contributed by atoms with Crippen molar-refractivity contribution in [1.82, 2.24) is 4.90 Å². The van der Waals surface area contributed by atoms with Gasteiger partial charge in [-0.1, -0.05) is 51.1 Å². The summed E-state index contributed by atoms with van der Waals surface area (Å²) >= 11 is 0. The molecule has 0 saturated carbocycles. The maximum Gasteiger partial charge on any atom is 0.407 e. The Hall–Kier alpha value is -1.62. The molecule has 1 N–H and O–H groups in total. The lowest BCUT2D eigenvalue weighted by molar-refractivity contribution is 0.0175. The topological polar surface area (TPSA) is 49.8 Å². The number of hydrogen-bond donors (Lipinski definition) is 1. The second-order valence-corrected chi connectivity index (χ2v) is 8.34. The minimum Gasteiger partial charge on any atom is -0.465 e. The van der Waals surface area contributed by atoms with E-state index in [4.69, 9.17) is 4.74 Å². The molecule has 3 unspecified atom stereocenters. The first-order valence-corrected chi connectivity index (χ1v) is 9.54. The van der Waals surface area contributed by atoms with Crippen molar-refractivity contribution in [3.05, 3.63) is 35.9 Å². The van der Waals surface area contributed by atoms with Crippen LogP contribution in [0.4, 0.5) is 9.18 Å². The van der Waals surface area contributed by atoms with Gasteiger partial charge in [-0.05, 0) is 42.6 Å². The summed E-state index contributed by atoms with van der Waals surface area (Å²) in [7, 11) is 0. The lowest BCUT2D eigenvalue weighted by atomic mass is 9.75. The first-order valence-electron chi connectivity index (χ1n) is 9.54. The minimum atomic E-state index is -0.895. The molecule has 4 nitrogen and oxygen atoms in total. The third kappa shape index (κ3) is 5.97. The van der Waals surface area contributed by atoms with E-state index in [9.17, 15) is 14.3 Å². The average Bonchev–Trinajstić information content (AvgIpc) is 2.60. The maximum atomic E-state index is 14.7. The van der Waals surface area contributed by atoms with Gasteiger partial charge in [0, 0.05) is 19.2 Å². The molecule has 1 saturated heterocycles. The Morgan fingerprint density at radius 3 is 2.65 bits per heavy atom. The van der Waals surface area contributed by atoms with Crippen LogP contribution in [0, 0.1) is 11.3 Å². The molecule has 2 rings (SSSR count). The van der Waals surface area contributed by atoms with E-state index < -0.39 is 12.3 Å². The Balaban J connectivity index is 1.75. The molecule has 1 aromatic rings. The van der Waals surface area contributed by atoms with Gasteiger partial charge in [-0.2, -0.15) is 0 Å². The Bertz CT molecular complexity index is 558. The van der Waals surface area contributed by atoms with Gasteiger partial charge in [-0.25, -0.2) is 9.18 Å². The fourth-order valence-electron chi connectivity index (χ4n) is 3.75. The van der Waals surface area contributed by atoms with Crippen molar-refractivity contribution in [2.75, 3.05) is 13.2 Å². The summed E-state index contributed by atoms with van der Waals surface area (Å²) < 4.78 is 20.3. The molecule has 0 radical (unpaired) electrons. The third-order valence-corrected chi connectivity index (χ3v) is 5.28. The normalized spacial score (nSPS) is 22.2. The van der Waals surface area contributed by atoms with Crippen molar-refractivity contribution in [1.29, 1.82) is 0 Å². The van der Waals surface area contributed by atoms with E-state index in [0.29, 0.717) is 45.4 Å². The fourth-order valence-corrected chi connectivity index (χ4v) is 3.75. The zero-order valence-electron chi connectivity index (χ0n) is 16.2. The van der Waals surface area contributed by atoms with E-state index in [1.807, 2.05) is 51.1 Å². The molecule has 0 bridgehead atoms. The first-order chi connectivity index (χ1) is 12.3. The molecule has 1 heterocycles. The van der Waals surface area contributed by atoms with E-state index in [1.54, 1.807) is 0 Å². The number of rotatable bonds is 7. The molecule has 1 fully saturated rings. The van der Waals surface area contributed by atoms with Crippen LogP contribution in [0.25, 0.3) is 0 Å². The number of benzene rings is 1. The summed E-state index contributed by atoms with van der Waals surface area (Å²) in [5.41, 5.74) is 0.939. The number of carbonyl (C=O) groups is 1. The summed E-state index contributed by atoms with van der Waals surface area (Å²) in [6.07, 6.45) is 0.577. The van der Waals surface area contributed by atoms with Gasteiger partial charge in [0.15, 0.2) is 0 Å². The van der Waals surface area contributed by atoms with Gasteiger partial charge < -0.3 is 14.7 Å². The number of hydrogen-bond acceptors (Lipinski definition) is 2. The summed E-state index contributed by atoms with van der Waals surface area (Å²) in [5, 5.41) is 9.41. The van der Waals surface area contributed by atoms with Gasteiger partial charge in [0.25, 0.3) is 0 Å². The minimum absolute atomic E-state index is 0.0658. The van der Waals surface area contributed by atoms with Crippen LogP contribution in [0.1, 0.15) is 52.0 Å². The maximum absolute atomic E-state index is 14.7. The Morgan fingerprint density at radius 2 is 2.04 bits per heavy atom. The number of nitrogens with zero attached hydrogens (tertiary/aromatic N) is 1. The highest BCUT2D eigenvalue weighted by Gasteiger charge is 2.40. The second kappa shape index (κ2) is 9.36. The smallest absolute Gasteiger partial charge is 0.407 e. The molecule has 1 aliphatic heterocycles. The molecule has 1 aliphatic rings. The van der Waals surface area contributed by atoms with Crippen LogP contribution in [0.5, 0.6) is 0 Å². The van der Waals surface area contributed by atoms with Crippen molar-refractivity contribution in [2.45, 2.75) is 65.3 Å². The van der Waals surface area contributed by atoms with Crippen LogP contribution in [-0.2, 0) is 11.3 Å². The molecule has 146 valence electrons. The van der Waals surface area contributed by atoms with Crippen molar-refractivity contribution < 1.29 is 19.0 Å². The van der Waals surface area contributed by atoms with E-state index in [0.717, 1.165) is 5.56 Å². The van der Waals surface area contributed by atoms with Crippen molar-refractivity contribution >= 4 is 6.09 Å². The second-order valence-electron chi connectivity index (χ2n) is 8.34. The van der Waals surface area contributed by atoms with Crippen molar-refractivity contribution in [2.24, 2.45) is 11.3 Å². The van der Waals surface area contributed by atoms with Crippen LogP contribution in [0.2, 0.25) is 0 Å². The SMILES string of the molecule is CC(C)(C)C1CC(C(F)CCCOCc2ccccc2)CCN1C(=O)O. The predicted octanol–water partition coefficient (Wildman–Crippen LogP) is 5.13. The highest BCUT2D eigenvalue weighted by molar-refractivity contribution is 5.65. The number of amides is 1. The number of likely N-dealkylation sites (tertiary alicyclic amines) is 1. The first kappa shape index (κ1) is 20.7. The molecule has 1 amide bonds. The van der Waals surface area contributed by atoms with Gasteiger partial charge in [-0.15, -0.1) is 0 Å². The average molecular weight is 365 g/mol. The van der Waals surface area contributed by atoms with Crippen LogP contribution in [0.15, 0.2) is 30.3 Å². The number of piperidine rings is 1. The Kier molecular flexibility index (Phi) is 7.44. The third-order valence-electron chi connectivity index (χ3n) is 5.28. The van der Waals surface area contributed by atoms with Gasteiger partial charge in [0.1, 0.15) is 6.17 Å². The zero-order chi connectivity index (χ0) is 19.2. The number of alkyl halides is 1. The van der Waals surface area contributed by atoms with Crippen LogP contribution in [-0.4, -0.2) is 41.5 Å². The summed E-state index contributed by atoms with van der Waals surface area (Å²) in [6, 6.07) is 9.82. The number of halogens is 1. The molecular weight excluding hydrogens is 333 g/mol. The number of carboxylic acid groups (broad SMARTS) is 1. The van der Waals surface area contributed by atoms with Gasteiger partial charge in [-0.3, -0.25) is 0 Å². The summed E-state index contributed by atoms with van der Waals surface area (Å²) in [5.74, 6) is -0.0658. The highest BCUT2D eigenvalue weighted by atomic mass is 19.1. The van der Waals surface area contributed by atoms with Crippen LogP contribution < -0.4 is 0 Å². The zero-order valence-corrected chi connectivity index (χ0v) is 16.2. The molecule has 0 aliphatic carbocycles. The molecule has 3 atom stereocenters. The molecule has 0 aromatic heterocycles. The lowest BCUT2D eigenvalue weighted by Crippen LogP contribution is -2.52. The summed E-state index contributed by atoms with van der Waals surface area (Å²) in [4.78, 5) is 13.0. The quantitative estimate of drug-likeness (QED) is 0.682. The molecular formula is C21H32FNO3. The Morgan fingerprint density at radius 1 is 1.35 bits per heavy atom. The van der Waals surface area contributed by atoms with Gasteiger partial charge in [0.05, 0.1) is 6.61 Å². The molecule has 5 heteroatoms. The predicted molar refractivity (Wildman–Crippen MR) is 101 cm³/mol. The largest absolute Gasteiger partial charge is 0.465 e. The summed E-state index contributed by atoms with van der Waals surface area (Å²) in [6.45, 7) is 7.61. The molecule has 0 spiro atoms. The van der Waals surface area contributed by atoms with Crippen molar-refractivity contribution in [3.63, 3.8) is 0 Å². The standard InChI is InChI=1S/C21H32FNO3/c1-21(2,3)19-14-17(11-12-23(19)20(24)25)18(22)10-7-13-26-15-16-8-5-4-6-9-16/h4-6,8-9,17-19H,7,10-15H2,1-3H3,(H,24,25). The number of ether oxygens (including phenoxy) is 1. The monoisotopic (exact) mass is 365 g/mol. The Labute approximate surface area is 156 Å². The van der Waals surface area contributed by atoms with E-state index >= 15 is 0 Å². The van der Waals surface area contributed by atoms with E-state index in [1.165, 1.54) is 4.90 Å². The van der Waals surface area contributed by atoms with Crippen LogP contribution >= 0.6 is 0 Å². The fraction of sp³-hybridized carbons (Fsp3) is 0.667. The van der Waals surface area contributed by atoms with E-state index in [-0.39, 0.29) is 17.4 Å². The highest BCUT2D eigenvalue weighted by Crippen LogP contribution is 2.37. The lowest BCUT2D eigenvalue weighted by Gasteiger charge is -2.45. The van der Waals surface area contributed by atoms with Gasteiger partial charge >= 0.3 is 6.09 Å². The van der Waals surface area contributed by atoms with Crippen molar-refractivity contribution in [3.8, 4) is 0 Å². The molecule has 1 aromatic carbocycles. The van der Waals surface area contributed by atoms with Crippen LogP contribution in [0.3, 0.4) is 0 Å². The van der Waals surface area contributed by atoms with Gasteiger partial charge in [0.2, 0.25) is 0 Å². The molecule has 26 heavy (non-hydrogen) atoms.